The molecule has 0 amide bonds. The summed E-state index contributed by atoms with van der Waals surface area (Å²) >= 11 is 0. The zero-order chi connectivity index (χ0) is 29.0. The Bertz CT molecular complexity index is 2480. The lowest BCUT2D eigenvalue weighted by Crippen LogP contribution is -1.88. The first-order valence-corrected chi connectivity index (χ1v) is 15.2. The maximum absolute atomic E-state index is 6.09. The van der Waals surface area contributed by atoms with Gasteiger partial charge in [0.15, 0.2) is 0 Å². The molecule has 0 fully saturated rings. The van der Waals surface area contributed by atoms with Crippen LogP contribution in [0.3, 0.4) is 0 Å². The number of para-hydroxylation sites is 1. The molecular formula is C43H28O. The molecule has 1 heterocycles. The lowest BCUT2D eigenvalue weighted by Gasteiger charge is -2.14. The molecule has 0 saturated carbocycles. The normalized spacial score (nSPS) is 11.7. The summed E-state index contributed by atoms with van der Waals surface area (Å²) in [7, 11) is 0. The molecule has 0 atom stereocenters. The van der Waals surface area contributed by atoms with Gasteiger partial charge >= 0.3 is 0 Å². The quantitative estimate of drug-likeness (QED) is 0.195. The van der Waals surface area contributed by atoms with Gasteiger partial charge in [0.05, 0.1) is 0 Å². The highest BCUT2D eigenvalue weighted by Gasteiger charge is 2.13. The minimum absolute atomic E-state index is 0.925. The third kappa shape index (κ3) is 4.09. The van der Waals surface area contributed by atoms with Gasteiger partial charge in [-0.3, -0.25) is 0 Å². The van der Waals surface area contributed by atoms with Crippen molar-refractivity contribution in [3.05, 3.63) is 169 Å². The van der Waals surface area contributed by atoms with Gasteiger partial charge in [0.1, 0.15) is 11.2 Å². The van der Waals surface area contributed by atoms with Gasteiger partial charge < -0.3 is 4.42 Å². The number of fused-ring (bicyclic) bond motifs is 9. The van der Waals surface area contributed by atoms with E-state index in [1.165, 1.54) is 65.7 Å². The maximum atomic E-state index is 6.09. The fourth-order valence-electron chi connectivity index (χ4n) is 6.87. The van der Waals surface area contributed by atoms with Crippen molar-refractivity contribution in [1.29, 1.82) is 0 Å². The predicted molar refractivity (Wildman–Crippen MR) is 186 cm³/mol. The van der Waals surface area contributed by atoms with Crippen LogP contribution in [0.4, 0.5) is 0 Å². The Morgan fingerprint density at radius 1 is 0.295 bits per heavy atom. The van der Waals surface area contributed by atoms with E-state index in [2.05, 4.69) is 146 Å². The predicted octanol–water partition coefficient (Wildman–Crippen LogP) is 12.0. The zero-order valence-corrected chi connectivity index (χ0v) is 24.1. The van der Waals surface area contributed by atoms with Gasteiger partial charge in [-0.05, 0) is 102 Å². The lowest BCUT2D eigenvalue weighted by atomic mass is 9.90. The minimum Gasteiger partial charge on any atom is -0.456 e. The summed E-state index contributed by atoms with van der Waals surface area (Å²) < 4.78 is 6.09. The van der Waals surface area contributed by atoms with Crippen molar-refractivity contribution in [2.45, 2.75) is 6.42 Å². The summed E-state index contributed by atoms with van der Waals surface area (Å²) in [6.45, 7) is 0. The van der Waals surface area contributed by atoms with E-state index in [4.69, 9.17) is 4.42 Å². The average Bonchev–Trinajstić information content (AvgIpc) is 3.47. The summed E-state index contributed by atoms with van der Waals surface area (Å²) in [6, 6.07) is 57.2. The highest BCUT2D eigenvalue weighted by molar-refractivity contribution is 6.26. The van der Waals surface area contributed by atoms with Crippen LogP contribution >= 0.6 is 0 Å². The first kappa shape index (κ1) is 24.9. The molecule has 0 aliphatic heterocycles. The van der Waals surface area contributed by atoms with Crippen LogP contribution in [-0.4, -0.2) is 0 Å². The van der Waals surface area contributed by atoms with Gasteiger partial charge in [0.25, 0.3) is 0 Å². The second-order valence-electron chi connectivity index (χ2n) is 11.7. The van der Waals surface area contributed by atoms with Crippen LogP contribution in [-0.2, 0) is 6.42 Å². The van der Waals surface area contributed by atoms with Crippen LogP contribution in [0.25, 0.3) is 76.5 Å². The summed E-state index contributed by atoms with van der Waals surface area (Å²) in [5.41, 5.74) is 9.40. The Morgan fingerprint density at radius 3 is 1.43 bits per heavy atom. The third-order valence-corrected chi connectivity index (χ3v) is 9.09. The van der Waals surface area contributed by atoms with Gasteiger partial charge in [-0.1, -0.05) is 127 Å². The van der Waals surface area contributed by atoms with E-state index < -0.39 is 0 Å². The minimum atomic E-state index is 0.925. The molecule has 1 aromatic heterocycles. The van der Waals surface area contributed by atoms with Crippen LogP contribution < -0.4 is 0 Å². The topological polar surface area (TPSA) is 13.1 Å². The molecule has 206 valence electrons. The molecule has 8 aromatic carbocycles. The zero-order valence-electron chi connectivity index (χ0n) is 24.1. The van der Waals surface area contributed by atoms with Crippen LogP contribution in [0.2, 0.25) is 0 Å². The Kier molecular flexibility index (Phi) is 5.64. The smallest absolute Gasteiger partial charge is 0.135 e. The van der Waals surface area contributed by atoms with Gasteiger partial charge in [-0.25, -0.2) is 0 Å². The molecule has 9 aromatic rings. The van der Waals surface area contributed by atoms with E-state index in [9.17, 15) is 0 Å². The summed E-state index contributed by atoms with van der Waals surface area (Å²) in [5, 5.41) is 10.0. The third-order valence-electron chi connectivity index (χ3n) is 9.09. The van der Waals surface area contributed by atoms with Crippen molar-refractivity contribution in [3.8, 4) is 22.3 Å². The Labute approximate surface area is 255 Å². The first-order valence-electron chi connectivity index (χ1n) is 15.2. The molecule has 1 nitrogen and oxygen atoms in total. The first-order chi connectivity index (χ1) is 21.8. The van der Waals surface area contributed by atoms with E-state index in [-0.39, 0.29) is 0 Å². The van der Waals surface area contributed by atoms with Crippen molar-refractivity contribution in [3.63, 3.8) is 0 Å². The number of rotatable bonds is 4. The second-order valence-corrected chi connectivity index (χ2v) is 11.7. The van der Waals surface area contributed by atoms with Crippen molar-refractivity contribution in [2.75, 3.05) is 0 Å². The largest absolute Gasteiger partial charge is 0.456 e. The number of benzene rings is 8. The molecule has 0 unspecified atom stereocenters. The van der Waals surface area contributed by atoms with E-state index in [1.807, 2.05) is 12.1 Å². The molecular weight excluding hydrogens is 532 g/mol. The molecule has 0 bridgehead atoms. The Hall–Kier alpha value is -5.66. The molecule has 0 radical (unpaired) electrons. The van der Waals surface area contributed by atoms with Crippen LogP contribution in [0.1, 0.15) is 11.1 Å². The standard InChI is InChI=1S/C43H28O/c1-2-8-28(9-3-1)24-29-14-16-30(17-15-29)31-18-21-36-37-22-19-32(26-40(37)35-11-5-4-10-34(35)39(36)25-31)33-20-23-43-41(27-33)38-12-6-7-13-42(38)44-43/h1-23,25-27H,24H2. The molecule has 44 heavy (non-hydrogen) atoms. The number of hydrogen-bond acceptors (Lipinski definition) is 1. The van der Waals surface area contributed by atoms with Crippen molar-refractivity contribution < 1.29 is 4.42 Å². The van der Waals surface area contributed by atoms with Crippen LogP contribution in [0, 0.1) is 0 Å². The van der Waals surface area contributed by atoms with E-state index in [1.54, 1.807) is 0 Å². The molecule has 0 saturated heterocycles. The number of hydrogen-bond donors (Lipinski definition) is 0. The summed E-state index contributed by atoms with van der Waals surface area (Å²) in [6.07, 6.45) is 0.948. The van der Waals surface area contributed by atoms with E-state index in [0.29, 0.717) is 0 Å². The van der Waals surface area contributed by atoms with Gasteiger partial charge in [0.2, 0.25) is 0 Å². The molecule has 9 rings (SSSR count). The molecule has 0 N–H and O–H groups in total. The van der Waals surface area contributed by atoms with E-state index in [0.717, 1.165) is 28.4 Å². The molecule has 0 spiro atoms. The van der Waals surface area contributed by atoms with E-state index >= 15 is 0 Å². The summed E-state index contributed by atoms with van der Waals surface area (Å²) in [5.74, 6) is 0. The monoisotopic (exact) mass is 560 g/mol. The SMILES string of the molecule is c1ccc(Cc2ccc(-c3ccc4c5ccc(-c6ccc7oc8ccccc8c7c6)cc5c5ccccc5c4c3)cc2)cc1. The van der Waals surface area contributed by atoms with Crippen LogP contribution in [0.15, 0.2) is 162 Å². The highest BCUT2D eigenvalue weighted by atomic mass is 16.3. The second kappa shape index (κ2) is 9.97. The van der Waals surface area contributed by atoms with Gasteiger partial charge in [0, 0.05) is 10.8 Å². The van der Waals surface area contributed by atoms with Crippen molar-refractivity contribution in [1.82, 2.24) is 0 Å². The fourth-order valence-corrected chi connectivity index (χ4v) is 6.87. The molecule has 1 heteroatoms. The van der Waals surface area contributed by atoms with Gasteiger partial charge in [-0.2, -0.15) is 0 Å². The lowest BCUT2D eigenvalue weighted by molar-refractivity contribution is 0.669. The summed E-state index contributed by atoms with van der Waals surface area (Å²) in [4.78, 5) is 0. The number of furan rings is 1. The van der Waals surface area contributed by atoms with Crippen molar-refractivity contribution in [2.24, 2.45) is 0 Å². The maximum Gasteiger partial charge on any atom is 0.135 e. The Balaban J connectivity index is 1.16. The Morgan fingerprint density at radius 2 is 0.750 bits per heavy atom. The van der Waals surface area contributed by atoms with Crippen molar-refractivity contribution >= 4 is 54.3 Å². The molecule has 0 aliphatic carbocycles. The van der Waals surface area contributed by atoms with Gasteiger partial charge in [-0.15, -0.1) is 0 Å². The molecule has 0 aliphatic rings. The average molecular weight is 561 g/mol. The highest BCUT2D eigenvalue weighted by Crippen LogP contribution is 2.40. The van der Waals surface area contributed by atoms with Crippen LogP contribution in [0.5, 0.6) is 0 Å². The fraction of sp³-hybridized carbons (Fsp3) is 0.0233.